The summed E-state index contributed by atoms with van der Waals surface area (Å²) in [5, 5.41) is 20.4. The standard InChI is InChI=1S/C16H19N3O3S/c1-16(2,3)11-6-4-10(5-7-11)9-17-19-15-18-14(22)12(23-15)8-13(20)21/h4-7,9,12H,8H2,1-3H3,(H,20,21)(H,18,19,22)/p-1/b17-9-/t12-/m1/s1. The maximum absolute atomic E-state index is 11.5. The van der Waals surface area contributed by atoms with E-state index in [4.69, 9.17) is 0 Å². The van der Waals surface area contributed by atoms with Gasteiger partial charge in [0.1, 0.15) is 0 Å². The van der Waals surface area contributed by atoms with E-state index in [1.165, 1.54) is 5.56 Å². The molecule has 23 heavy (non-hydrogen) atoms. The third-order valence-electron chi connectivity index (χ3n) is 3.26. The van der Waals surface area contributed by atoms with E-state index in [-0.39, 0.29) is 17.7 Å². The van der Waals surface area contributed by atoms with E-state index in [9.17, 15) is 14.7 Å². The first-order valence-electron chi connectivity index (χ1n) is 7.14. The fourth-order valence-electron chi connectivity index (χ4n) is 1.96. The zero-order valence-corrected chi connectivity index (χ0v) is 14.0. The van der Waals surface area contributed by atoms with Crippen LogP contribution in [0.2, 0.25) is 0 Å². The van der Waals surface area contributed by atoms with Crippen LogP contribution in [0.15, 0.2) is 34.5 Å². The summed E-state index contributed by atoms with van der Waals surface area (Å²) in [5.41, 5.74) is 2.21. The van der Waals surface area contributed by atoms with Crippen LogP contribution in [0.4, 0.5) is 0 Å². The summed E-state index contributed by atoms with van der Waals surface area (Å²) >= 11 is 1.04. The molecular weight excluding hydrogens is 314 g/mol. The summed E-state index contributed by atoms with van der Waals surface area (Å²) in [6, 6.07) is 7.97. The first-order chi connectivity index (χ1) is 10.8. The monoisotopic (exact) mass is 332 g/mol. The van der Waals surface area contributed by atoms with Gasteiger partial charge in [0, 0.05) is 12.4 Å². The number of carbonyl (C=O) groups is 2. The first kappa shape index (κ1) is 17.2. The Morgan fingerprint density at radius 3 is 2.57 bits per heavy atom. The number of carbonyl (C=O) groups excluding carboxylic acids is 2. The van der Waals surface area contributed by atoms with E-state index in [0.717, 1.165) is 17.3 Å². The number of nitrogens with one attached hydrogen (secondary N) is 1. The minimum Gasteiger partial charge on any atom is -0.550 e. The third kappa shape index (κ3) is 4.92. The molecular formula is C16H18N3O3S-. The Kier molecular flexibility index (Phi) is 5.20. The molecule has 1 atom stereocenters. The topological polar surface area (TPSA) is 94.0 Å². The number of amides is 1. The molecule has 6 nitrogen and oxygen atoms in total. The Morgan fingerprint density at radius 1 is 1.35 bits per heavy atom. The molecule has 1 aliphatic heterocycles. The maximum Gasteiger partial charge on any atom is 0.239 e. The zero-order valence-electron chi connectivity index (χ0n) is 13.2. The number of aliphatic carboxylic acids is 1. The Hall–Kier alpha value is -2.15. The van der Waals surface area contributed by atoms with E-state index >= 15 is 0 Å². The van der Waals surface area contributed by atoms with Crippen molar-refractivity contribution in [3.8, 4) is 0 Å². The van der Waals surface area contributed by atoms with Gasteiger partial charge in [-0.25, -0.2) is 0 Å². The van der Waals surface area contributed by atoms with Crippen molar-refractivity contribution in [2.75, 3.05) is 0 Å². The van der Waals surface area contributed by atoms with Crippen molar-refractivity contribution in [3.05, 3.63) is 35.4 Å². The second-order valence-electron chi connectivity index (χ2n) is 6.19. The molecule has 0 spiro atoms. The second-order valence-corrected chi connectivity index (χ2v) is 7.39. The lowest BCUT2D eigenvalue weighted by molar-refractivity contribution is -0.305. The van der Waals surface area contributed by atoms with Gasteiger partial charge in [-0.1, -0.05) is 56.8 Å². The molecule has 0 saturated carbocycles. The van der Waals surface area contributed by atoms with Crippen molar-refractivity contribution < 1.29 is 14.7 Å². The van der Waals surface area contributed by atoms with E-state index in [1.807, 2.05) is 24.3 Å². The van der Waals surface area contributed by atoms with E-state index < -0.39 is 11.2 Å². The van der Waals surface area contributed by atoms with Crippen LogP contribution in [0.25, 0.3) is 0 Å². The molecule has 1 amide bonds. The molecule has 0 unspecified atom stereocenters. The molecule has 1 fully saturated rings. The number of hydrogen-bond acceptors (Lipinski definition) is 6. The highest BCUT2D eigenvalue weighted by Crippen LogP contribution is 2.23. The molecule has 1 N–H and O–H groups in total. The van der Waals surface area contributed by atoms with Crippen LogP contribution in [-0.4, -0.2) is 28.5 Å². The molecule has 0 bridgehead atoms. The Bertz CT molecular complexity index is 660. The first-order valence-corrected chi connectivity index (χ1v) is 8.02. The van der Waals surface area contributed by atoms with Gasteiger partial charge in [-0.15, -0.1) is 5.10 Å². The molecule has 0 aliphatic carbocycles. The summed E-state index contributed by atoms with van der Waals surface area (Å²) < 4.78 is 0. The summed E-state index contributed by atoms with van der Waals surface area (Å²) in [7, 11) is 0. The fraction of sp³-hybridized carbons (Fsp3) is 0.375. The second kappa shape index (κ2) is 6.95. The van der Waals surface area contributed by atoms with Gasteiger partial charge in [0.2, 0.25) is 5.91 Å². The lowest BCUT2D eigenvalue weighted by Crippen LogP contribution is -2.31. The zero-order chi connectivity index (χ0) is 17.0. The van der Waals surface area contributed by atoms with Crippen LogP contribution in [0.3, 0.4) is 0 Å². The number of rotatable bonds is 4. The van der Waals surface area contributed by atoms with Gasteiger partial charge in [0.15, 0.2) is 5.17 Å². The predicted octanol–water partition coefficient (Wildman–Crippen LogP) is 1.05. The molecule has 1 aromatic rings. The number of carboxylic acid groups (broad SMARTS) is 1. The Balaban J connectivity index is 1.99. The van der Waals surface area contributed by atoms with E-state index in [0.29, 0.717) is 5.17 Å². The van der Waals surface area contributed by atoms with Gasteiger partial charge in [0.05, 0.1) is 11.5 Å². The number of amidine groups is 1. The van der Waals surface area contributed by atoms with Crippen LogP contribution in [0.5, 0.6) is 0 Å². The summed E-state index contributed by atoms with van der Waals surface area (Å²) in [6.45, 7) is 6.43. The maximum atomic E-state index is 11.5. The van der Waals surface area contributed by atoms with Crippen LogP contribution in [0, 0.1) is 0 Å². The van der Waals surface area contributed by atoms with Gasteiger partial charge < -0.3 is 15.2 Å². The molecule has 7 heteroatoms. The number of carboxylic acids is 1. The largest absolute Gasteiger partial charge is 0.550 e. The van der Waals surface area contributed by atoms with Gasteiger partial charge in [-0.2, -0.15) is 5.10 Å². The fourth-order valence-corrected chi connectivity index (χ4v) is 2.86. The van der Waals surface area contributed by atoms with Crippen LogP contribution in [-0.2, 0) is 15.0 Å². The number of benzene rings is 1. The minimum atomic E-state index is -1.26. The number of nitrogens with zero attached hydrogens (tertiary/aromatic N) is 2. The molecule has 0 radical (unpaired) electrons. The van der Waals surface area contributed by atoms with Crippen molar-refractivity contribution in [1.29, 1.82) is 0 Å². The Labute approximate surface area is 139 Å². The van der Waals surface area contributed by atoms with Crippen LogP contribution >= 0.6 is 11.8 Å². The van der Waals surface area contributed by atoms with Crippen LogP contribution < -0.4 is 10.4 Å². The highest BCUT2D eigenvalue weighted by atomic mass is 32.2. The lowest BCUT2D eigenvalue weighted by Gasteiger charge is -2.18. The van der Waals surface area contributed by atoms with E-state index in [2.05, 4.69) is 36.3 Å². The molecule has 1 aliphatic rings. The van der Waals surface area contributed by atoms with Crippen molar-refractivity contribution in [2.24, 2.45) is 10.2 Å². The molecule has 1 aromatic carbocycles. The average molecular weight is 332 g/mol. The SMILES string of the molecule is CC(C)(C)c1ccc(/C=N\N=C2/NC(=O)[C@@H](CC(=O)[O-])S2)cc1. The van der Waals surface area contributed by atoms with E-state index in [1.54, 1.807) is 6.21 Å². The molecule has 122 valence electrons. The summed E-state index contributed by atoms with van der Waals surface area (Å²) in [6.07, 6.45) is 1.24. The minimum absolute atomic E-state index is 0.0919. The van der Waals surface area contributed by atoms with Crippen molar-refractivity contribution in [1.82, 2.24) is 5.32 Å². The summed E-state index contributed by atoms with van der Waals surface area (Å²) in [5.74, 6) is -1.65. The van der Waals surface area contributed by atoms with Gasteiger partial charge in [0.25, 0.3) is 0 Å². The third-order valence-corrected chi connectivity index (χ3v) is 4.33. The number of hydrogen-bond donors (Lipinski definition) is 1. The highest BCUT2D eigenvalue weighted by Gasteiger charge is 2.30. The smallest absolute Gasteiger partial charge is 0.239 e. The van der Waals surface area contributed by atoms with Crippen molar-refractivity contribution >= 4 is 35.0 Å². The number of thioether (sulfide) groups is 1. The Morgan fingerprint density at radius 2 is 2.00 bits per heavy atom. The normalized spacial score (nSPS) is 20.2. The summed E-state index contributed by atoms with van der Waals surface area (Å²) in [4.78, 5) is 22.1. The average Bonchev–Trinajstić information content (AvgIpc) is 2.78. The van der Waals surface area contributed by atoms with Gasteiger partial charge >= 0.3 is 0 Å². The van der Waals surface area contributed by atoms with Gasteiger partial charge in [-0.3, -0.25) is 4.79 Å². The molecule has 0 aromatic heterocycles. The van der Waals surface area contributed by atoms with Crippen molar-refractivity contribution in [3.63, 3.8) is 0 Å². The molecule has 1 heterocycles. The predicted molar refractivity (Wildman–Crippen MR) is 89.3 cm³/mol. The van der Waals surface area contributed by atoms with Gasteiger partial charge in [-0.05, 0) is 16.5 Å². The quantitative estimate of drug-likeness (QED) is 0.658. The van der Waals surface area contributed by atoms with Crippen LogP contribution in [0.1, 0.15) is 38.3 Å². The molecule has 2 rings (SSSR count). The lowest BCUT2D eigenvalue weighted by atomic mass is 9.87. The van der Waals surface area contributed by atoms with Crippen molar-refractivity contribution in [2.45, 2.75) is 37.9 Å². The molecule has 1 saturated heterocycles. The highest BCUT2D eigenvalue weighted by molar-refractivity contribution is 8.15.